The van der Waals surface area contributed by atoms with Gasteiger partial charge in [0, 0.05) is 5.69 Å². The van der Waals surface area contributed by atoms with Gasteiger partial charge in [0.25, 0.3) is 10.0 Å². The number of rotatable bonds is 7. The summed E-state index contributed by atoms with van der Waals surface area (Å²) >= 11 is 1.53. The van der Waals surface area contributed by atoms with Crippen molar-refractivity contribution >= 4 is 39.1 Å². The summed E-state index contributed by atoms with van der Waals surface area (Å²) < 4.78 is 33.6. The van der Waals surface area contributed by atoms with Gasteiger partial charge in [-0.2, -0.15) is 0 Å². The number of sulfonamides is 1. The minimum atomic E-state index is -3.67. The van der Waals surface area contributed by atoms with Gasteiger partial charge in [-0.1, -0.05) is 42.0 Å². The number of amides is 1. The summed E-state index contributed by atoms with van der Waals surface area (Å²) in [4.78, 5) is 14.7. The van der Waals surface area contributed by atoms with Crippen molar-refractivity contribution < 1.29 is 17.9 Å². The molecule has 1 unspecified atom stereocenters. The number of ether oxygens (including phenoxy) is 1. The predicted molar refractivity (Wildman–Crippen MR) is 129 cm³/mol. The van der Waals surface area contributed by atoms with E-state index < -0.39 is 10.0 Å². The number of thioether (sulfide) groups is 1. The molecule has 0 aromatic heterocycles. The molecule has 6 nitrogen and oxygen atoms in total. The van der Waals surface area contributed by atoms with Crippen molar-refractivity contribution in [1.29, 1.82) is 0 Å². The maximum absolute atomic E-state index is 12.7. The lowest BCUT2D eigenvalue weighted by atomic mass is 10.1. The van der Waals surface area contributed by atoms with Crippen LogP contribution in [0, 0.1) is 6.92 Å². The quantitative estimate of drug-likeness (QED) is 0.530. The average molecular weight is 469 g/mol. The van der Waals surface area contributed by atoms with Gasteiger partial charge in [-0.05, 0) is 55.8 Å². The largest absolute Gasteiger partial charge is 0.492 e. The van der Waals surface area contributed by atoms with Gasteiger partial charge in [0.1, 0.15) is 11.1 Å². The number of benzene rings is 3. The number of carbonyl (C=O) groups is 1. The fourth-order valence-electron chi connectivity index (χ4n) is 3.51. The normalized spacial score (nSPS) is 16.2. The Hall–Kier alpha value is -2.97. The van der Waals surface area contributed by atoms with Crippen LogP contribution in [0.2, 0.25) is 0 Å². The summed E-state index contributed by atoms with van der Waals surface area (Å²) in [5.41, 5.74) is 3.10. The highest BCUT2D eigenvalue weighted by atomic mass is 32.2. The van der Waals surface area contributed by atoms with E-state index in [1.165, 1.54) is 11.8 Å². The number of anilines is 2. The summed E-state index contributed by atoms with van der Waals surface area (Å²) in [7, 11) is -3.67. The van der Waals surface area contributed by atoms with Crippen molar-refractivity contribution in [3.63, 3.8) is 0 Å². The van der Waals surface area contributed by atoms with Crippen molar-refractivity contribution in [1.82, 2.24) is 0 Å². The van der Waals surface area contributed by atoms with Gasteiger partial charge >= 0.3 is 0 Å². The van der Waals surface area contributed by atoms with E-state index in [1.807, 2.05) is 50.2 Å². The van der Waals surface area contributed by atoms with Crippen LogP contribution in [-0.2, 0) is 14.8 Å². The molecule has 1 aliphatic rings. The number of nitrogens with one attached hydrogen (secondary N) is 1. The van der Waals surface area contributed by atoms with Crippen LogP contribution in [0.1, 0.15) is 23.4 Å². The molecule has 3 aromatic carbocycles. The number of carbonyl (C=O) groups excluding carboxylic acids is 1. The lowest BCUT2D eigenvalue weighted by Crippen LogP contribution is -2.28. The van der Waals surface area contributed by atoms with Crippen LogP contribution in [0.3, 0.4) is 0 Å². The van der Waals surface area contributed by atoms with Crippen LogP contribution < -0.4 is 14.4 Å². The number of hydrogen-bond donors (Lipinski definition) is 1. The van der Waals surface area contributed by atoms with Gasteiger partial charge in [-0.3, -0.25) is 14.4 Å². The summed E-state index contributed by atoms with van der Waals surface area (Å²) in [5, 5.41) is -0.216. The van der Waals surface area contributed by atoms with Gasteiger partial charge < -0.3 is 4.74 Å². The zero-order valence-corrected chi connectivity index (χ0v) is 19.4. The monoisotopic (exact) mass is 468 g/mol. The molecule has 1 atom stereocenters. The molecule has 0 bridgehead atoms. The van der Waals surface area contributed by atoms with E-state index >= 15 is 0 Å². The van der Waals surface area contributed by atoms with E-state index in [0.717, 1.165) is 16.8 Å². The average Bonchev–Trinajstić information content (AvgIpc) is 3.16. The molecule has 1 saturated heterocycles. The maximum Gasteiger partial charge on any atom is 0.261 e. The lowest BCUT2D eigenvalue weighted by Gasteiger charge is -2.26. The molecule has 1 N–H and O–H groups in total. The highest BCUT2D eigenvalue weighted by molar-refractivity contribution is 8.00. The van der Waals surface area contributed by atoms with Crippen LogP contribution in [0.4, 0.5) is 11.4 Å². The second kappa shape index (κ2) is 9.26. The summed E-state index contributed by atoms with van der Waals surface area (Å²) in [6.45, 7) is 4.32. The Bertz CT molecular complexity index is 1210. The summed E-state index contributed by atoms with van der Waals surface area (Å²) in [6.07, 6.45) is 0. The number of aryl methyl sites for hydroxylation is 1. The maximum atomic E-state index is 12.7. The zero-order chi connectivity index (χ0) is 22.7. The molecule has 3 aromatic rings. The Morgan fingerprint density at radius 2 is 1.72 bits per heavy atom. The van der Waals surface area contributed by atoms with Gasteiger partial charge in [-0.25, -0.2) is 8.42 Å². The molecule has 0 saturated carbocycles. The second-order valence-electron chi connectivity index (χ2n) is 7.37. The highest BCUT2D eigenvalue weighted by Gasteiger charge is 2.35. The van der Waals surface area contributed by atoms with Crippen molar-refractivity contribution in [3.05, 3.63) is 83.9 Å². The van der Waals surface area contributed by atoms with Crippen LogP contribution in [0.25, 0.3) is 0 Å². The smallest absolute Gasteiger partial charge is 0.261 e. The molecule has 32 heavy (non-hydrogen) atoms. The van der Waals surface area contributed by atoms with Gasteiger partial charge in [-0.15, -0.1) is 11.8 Å². The van der Waals surface area contributed by atoms with E-state index in [2.05, 4.69) is 4.72 Å². The first-order valence-corrected chi connectivity index (χ1v) is 12.8. The molecule has 1 heterocycles. The summed E-state index contributed by atoms with van der Waals surface area (Å²) in [6, 6.07) is 21.3. The SMILES string of the molecule is CCOc1ccccc1N1C(=O)CSC1c1ccc(NS(=O)(=O)c2ccc(C)cc2)cc1. The molecule has 4 rings (SSSR count). The molecule has 1 aliphatic heterocycles. The van der Waals surface area contributed by atoms with Crippen LogP contribution in [0.5, 0.6) is 5.75 Å². The first-order chi connectivity index (χ1) is 15.4. The lowest BCUT2D eigenvalue weighted by molar-refractivity contribution is -0.115. The molecular formula is C24H24N2O4S2. The number of nitrogens with zero attached hydrogens (tertiary/aromatic N) is 1. The minimum absolute atomic E-state index is 0.0105. The first kappa shape index (κ1) is 22.2. The predicted octanol–water partition coefficient (Wildman–Crippen LogP) is 4.97. The van der Waals surface area contributed by atoms with Crippen LogP contribution >= 0.6 is 11.8 Å². The van der Waals surface area contributed by atoms with Crippen molar-refractivity contribution in [2.75, 3.05) is 22.0 Å². The molecular weight excluding hydrogens is 444 g/mol. The van der Waals surface area contributed by atoms with Crippen molar-refractivity contribution in [2.24, 2.45) is 0 Å². The van der Waals surface area contributed by atoms with Crippen molar-refractivity contribution in [3.8, 4) is 5.75 Å². The van der Waals surface area contributed by atoms with E-state index in [9.17, 15) is 13.2 Å². The Morgan fingerprint density at radius 1 is 1.03 bits per heavy atom. The van der Waals surface area contributed by atoms with Gasteiger partial charge in [0.2, 0.25) is 5.91 Å². The van der Waals surface area contributed by atoms with Crippen LogP contribution in [0.15, 0.2) is 77.7 Å². The first-order valence-electron chi connectivity index (χ1n) is 10.2. The molecule has 0 spiro atoms. The molecule has 1 fully saturated rings. The highest BCUT2D eigenvalue weighted by Crippen LogP contribution is 2.45. The number of hydrogen-bond acceptors (Lipinski definition) is 5. The molecule has 1 amide bonds. The Morgan fingerprint density at radius 3 is 2.41 bits per heavy atom. The van der Waals surface area contributed by atoms with E-state index in [4.69, 9.17) is 4.74 Å². The van der Waals surface area contributed by atoms with E-state index in [0.29, 0.717) is 23.8 Å². The fourth-order valence-corrected chi connectivity index (χ4v) is 5.74. The zero-order valence-electron chi connectivity index (χ0n) is 17.8. The summed E-state index contributed by atoms with van der Waals surface area (Å²) in [5.74, 6) is 1.04. The number of para-hydroxylation sites is 2. The molecule has 166 valence electrons. The Kier molecular flexibility index (Phi) is 6.43. The standard InChI is InChI=1S/C24H24N2O4S2/c1-3-30-22-7-5-4-6-21(22)26-23(27)16-31-24(26)18-10-12-19(13-11-18)25-32(28,29)20-14-8-17(2)9-15-20/h4-15,24-25H,3,16H2,1-2H3. The molecule has 0 radical (unpaired) electrons. The van der Waals surface area contributed by atoms with Crippen LogP contribution in [-0.4, -0.2) is 26.7 Å². The topological polar surface area (TPSA) is 75.7 Å². The minimum Gasteiger partial charge on any atom is -0.492 e. The third-order valence-electron chi connectivity index (χ3n) is 5.07. The molecule has 8 heteroatoms. The third kappa shape index (κ3) is 4.61. The fraction of sp³-hybridized carbons (Fsp3) is 0.208. The van der Waals surface area contributed by atoms with Crippen molar-refractivity contribution in [2.45, 2.75) is 24.1 Å². The Balaban J connectivity index is 1.57. The van der Waals surface area contributed by atoms with Gasteiger partial charge in [0.05, 0.1) is 22.9 Å². The van der Waals surface area contributed by atoms with E-state index in [1.54, 1.807) is 41.3 Å². The van der Waals surface area contributed by atoms with Gasteiger partial charge in [0.15, 0.2) is 0 Å². The Labute approximate surface area is 192 Å². The van der Waals surface area contributed by atoms with E-state index in [-0.39, 0.29) is 16.2 Å². The molecule has 0 aliphatic carbocycles. The third-order valence-corrected chi connectivity index (χ3v) is 7.68. The second-order valence-corrected chi connectivity index (χ2v) is 10.1.